The van der Waals surface area contributed by atoms with Crippen molar-refractivity contribution in [2.45, 2.75) is 25.2 Å². The molecule has 7 heteroatoms. The van der Waals surface area contributed by atoms with Crippen molar-refractivity contribution in [2.75, 3.05) is 42.9 Å². The van der Waals surface area contributed by atoms with Crippen molar-refractivity contribution in [1.82, 2.24) is 4.90 Å². The van der Waals surface area contributed by atoms with E-state index in [0.717, 1.165) is 63.2 Å². The van der Waals surface area contributed by atoms with Crippen LogP contribution < -0.4 is 10.2 Å². The molecule has 0 radical (unpaired) electrons. The summed E-state index contributed by atoms with van der Waals surface area (Å²) in [5, 5.41) is 2.78. The molecule has 1 unspecified atom stereocenters. The van der Waals surface area contributed by atoms with Gasteiger partial charge in [0, 0.05) is 37.6 Å². The van der Waals surface area contributed by atoms with E-state index in [9.17, 15) is 13.6 Å². The minimum atomic E-state index is -0.320. The summed E-state index contributed by atoms with van der Waals surface area (Å²) in [6, 6.07) is 11.2. The summed E-state index contributed by atoms with van der Waals surface area (Å²) in [6.45, 7) is 4.87. The van der Waals surface area contributed by atoms with Crippen LogP contribution in [0.4, 0.5) is 20.2 Å². The highest BCUT2D eigenvalue weighted by atomic mass is 35.5. The van der Waals surface area contributed by atoms with Crippen LogP contribution in [0.5, 0.6) is 0 Å². The van der Waals surface area contributed by atoms with Crippen molar-refractivity contribution in [3.05, 3.63) is 59.7 Å². The molecule has 1 amide bonds. The normalized spacial score (nSPS) is 18.9. The zero-order chi connectivity index (χ0) is 19.5. The fourth-order valence-electron chi connectivity index (χ4n) is 4.15. The Morgan fingerprint density at radius 3 is 2.34 bits per heavy atom. The van der Waals surface area contributed by atoms with Gasteiger partial charge >= 0.3 is 0 Å². The second-order valence-electron chi connectivity index (χ2n) is 7.57. The van der Waals surface area contributed by atoms with E-state index in [0.29, 0.717) is 5.69 Å². The van der Waals surface area contributed by atoms with E-state index in [4.69, 9.17) is 0 Å². The van der Waals surface area contributed by atoms with Gasteiger partial charge in [0.15, 0.2) is 0 Å². The zero-order valence-electron chi connectivity index (χ0n) is 16.2. The summed E-state index contributed by atoms with van der Waals surface area (Å²) in [4.78, 5) is 16.9. The summed E-state index contributed by atoms with van der Waals surface area (Å²) in [7, 11) is 0. The summed E-state index contributed by atoms with van der Waals surface area (Å²) in [6.07, 6.45) is 2.80. The third-order valence-electron chi connectivity index (χ3n) is 5.75. The van der Waals surface area contributed by atoms with Crippen LogP contribution in [0.2, 0.25) is 0 Å². The van der Waals surface area contributed by atoms with E-state index >= 15 is 0 Å². The Morgan fingerprint density at radius 1 is 0.931 bits per heavy atom. The number of hydrogen-bond acceptors (Lipinski definition) is 3. The molecule has 1 N–H and O–H groups in total. The van der Waals surface area contributed by atoms with Crippen molar-refractivity contribution in [3.63, 3.8) is 0 Å². The number of benzene rings is 2. The number of halogens is 3. The molecule has 1 saturated heterocycles. The first kappa shape index (κ1) is 21.5. The van der Waals surface area contributed by atoms with Crippen LogP contribution in [0.15, 0.2) is 42.5 Å². The number of nitrogens with one attached hydrogen (secondary N) is 1. The molecule has 4 nitrogen and oxygen atoms in total. The smallest absolute Gasteiger partial charge is 0.232 e. The van der Waals surface area contributed by atoms with Gasteiger partial charge in [-0.25, -0.2) is 8.78 Å². The Bertz CT molecular complexity index is 838. The number of rotatable bonds is 6. The number of amides is 1. The Morgan fingerprint density at radius 2 is 1.62 bits per heavy atom. The Labute approximate surface area is 176 Å². The molecule has 2 aromatic carbocycles. The van der Waals surface area contributed by atoms with Crippen LogP contribution >= 0.6 is 12.4 Å². The molecular weight excluding hydrogens is 396 g/mol. The van der Waals surface area contributed by atoms with Crippen LogP contribution in [-0.4, -0.2) is 43.5 Å². The number of fused-ring (bicyclic) bond motifs is 1. The van der Waals surface area contributed by atoms with E-state index in [1.54, 1.807) is 6.07 Å². The molecule has 2 aliphatic heterocycles. The molecule has 1 atom stereocenters. The van der Waals surface area contributed by atoms with E-state index < -0.39 is 0 Å². The molecule has 0 bridgehead atoms. The van der Waals surface area contributed by atoms with Gasteiger partial charge in [0.2, 0.25) is 5.91 Å². The fourth-order valence-corrected chi connectivity index (χ4v) is 4.15. The minimum absolute atomic E-state index is 0. The summed E-state index contributed by atoms with van der Waals surface area (Å²) >= 11 is 0. The average molecular weight is 422 g/mol. The monoisotopic (exact) mass is 421 g/mol. The van der Waals surface area contributed by atoms with Crippen molar-refractivity contribution in [2.24, 2.45) is 0 Å². The molecule has 0 saturated carbocycles. The number of carbonyl (C=O) groups excluding carboxylic acids is 1. The maximum atomic E-state index is 13.3. The van der Waals surface area contributed by atoms with Crippen molar-refractivity contribution in [3.8, 4) is 0 Å². The average Bonchev–Trinajstić information content (AvgIpc) is 3.00. The lowest BCUT2D eigenvalue weighted by Gasteiger charge is -2.36. The largest absolute Gasteiger partial charge is 0.369 e. The lowest BCUT2D eigenvalue weighted by molar-refractivity contribution is -0.117. The first-order valence-electron chi connectivity index (χ1n) is 9.93. The van der Waals surface area contributed by atoms with Gasteiger partial charge in [-0.15, -0.1) is 12.4 Å². The van der Waals surface area contributed by atoms with Crippen LogP contribution in [0, 0.1) is 11.6 Å². The maximum Gasteiger partial charge on any atom is 0.232 e. The van der Waals surface area contributed by atoms with Gasteiger partial charge in [0.25, 0.3) is 0 Å². The van der Waals surface area contributed by atoms with Crippen LogP contribution in [0.25, 0.3) is 0 Å². The van der Waals surface area contributed by atoms with Crippen LogP contribution in [0.3, 0.4) is 0 Å². The summed E-state index contributed by atoms with van der Waals surface area (Å²) in [5.41, 5.74) is 2.61. The molecular formula is C22H26ClF2N3O. The number of nitrogens with zero attached hydrogens (tertiary/aromatic N) is 2. The van der Waals surface area contributed by atoms with Crippen LogP contribution in [0.1, 0.15) is 30.7 Å². The van der Waals surface area contributed by atoms with Crippen molar-refractivity contribution >= 4 is 29.7 Å². The summed E-state index contributed by atoms with van der Waals surface area (Å²) < 4.78 is 26.4. The minimum Gasteiger partial charge on any atom is -0.369 e. The van der Waals surface area contributed by atoms with Gasteiger partial charge in [-0.05, 0) is 61.3 Å². The van der Waals surface area contributed by atoms with E-state index in [1.165, 1.54) is 24.3 Å². The first-order valence-corrected chi connectivity index (χ1v) is 9.93. The third kappa shape index (κ3) is 5.06. The number of piperazine rings is 1. The number of unbranched alkanes of at least 4 members (excludes halogenated alkanes) is 1. The molecule has 156 valence electrons. The molecule has 2 aromatic rings. The summed E-state index contributed by atoms with van der Waals surface area (Å²) in [5.74, 6) is -0.704. The third-order valence-corrected chi connectivity index (χ3v) is 5.75. The molecule has 0 spiro atoms. The van der Waals surface area contributed by atoms with Crippen molar-refractivity contribution in [1.29, 1.82) is 0 Å². The first-order chi connectivity index (χ1) is 13.6. The highest BCUT2D eigenvalue weighted by Crippen LogP contribution is 2.36. The standard InChI is InChI=1S/C22H25F2N3O.ClH/c23-16-4-7-18(8-5-16)27-13-11-26(12-14-27)10-2-1-3-20-19-9-6-17(24)15-21(19)25-22(20)28;/h4-9,15,20H,1-3,10-14H2,(H,25,28);1H. The Balaban J connectivity index is 0.00000240. The number of hydrogen-bond donors (Lipinski definition) is 1. The molecule has 0 aromatic heterocycles. The topological polar surface area (TPSA) is 35.6 Å². The van der Waals surface area contributed by atoms with Crippen LogP contribution in [-0.2, 0) is 4.79 Å². The number of anilines is 2. The highest BCUT2D eigenvalue weighted by Gasteiger charge is 2.30. The SMILES string of the molecule is Cl.O=C1Nc2cc(F)ccc2C1CCCCN1CCN(c2ccc(F)cc2)CC1. The molecule has 0 aliphatic carbocycles. The van der Waals surface area contributed by atoms with Gasteiger partial charge in [-0.2, -0.15) is 0 Å². The quantitative estimate of drug-likeness (QED) is 0.701. The van der Waals surface area contributed by atoms with E-state index in [2.05, 4.69) is 15.1 Å². The predicted octanol–water partition coefficient (Wildman–Crippen LogP) is 4.41. The second-order valence-corrected chi connectivity index (χ2v) is 7.57. The second kappa shape index (κ2) is 9.55. The molecule has 1 fully saturated rings. The Kier molecular flexibility index (Phi) is 7.09. The van der Waals surface area contributed by atoms with E-state index in [-0.39, 0.29) is 35.9 Å². The van der Waals surface area contributed by atoms with Gasteiger partial charge in [-0.1, -0.05) is 12.5 Å². The van der Waals surface area contributed by atoms with Gasteiger partial charge < -0.3 is 10.2 Å². The molecule has 2 heterocycles. The van der Waals surface area contributed by atoms with Gasteiger partial charge in [0.05, 0.1) is 5.92 Å². The zero-order valence-corrected chi connectivity index (χ0v) is 17.1. The Hall–Kier alpha value is -2.18. The lowest BCUT2D eigenvalue weighted by atomic mass is 9.95. The van der Waals surface area contributed by atoms with Gasteiger partial charge in [-0.3, -0.25) is 9.69 Å². The fraction of sp³-hybridized carbons (Fsp3) is 0.409. The maximum absolute atomic E-state index is 13.3. The molecule has 2 aliphatic rings. The highest BCUT2D eigenvalue weighted by molar-refractivity contribution is 6.02. The van der Waals surface area contributed by atoms with E-state index in [1.807, 2.05) is 12.1 Å². The lowest BCUT2D eigenvalue weighted by Crippen LogP contribution is -2.46. The predicted molar refractivity (Wildman–Crippen MR) is 114 cm³/mol. The molecule has 29 heavy (non-hydrogen) atoms. The number of carbonyl (C=O) groups is 1. The van der Waals surface area contributed by atoms with Gasteiger partial charge in [0.1, 0.15) is 11.6 Å². The van der Waals surface area contributed by atoms with Crippen molar-refractivity contribution < 1.29 is 13.6 Å². The molecule has 4 rings (SSSR count).